The summed E-state index contributed by atoms with van der Waals surface area (Å²) in [5.41, 5.74) is 3.92. The van der Waals surface area contributed by atoms with Gasteiger partial charge < -0.3 is 5.11 Å². The zero-order valence-corrected chi connectivity index (χ0v) is 9.77. The number of aryl methyl sites for hydroxylation is 2. The Morgan fingerprint density at radius 2 is 1.88 bits per heavy atom. The second-order valence-corrected chi connectivity index (χ2v) is 4.11. The molecule has 3 nitrogen and oxygen atoms in total. The smallest absolute Gasteiger partial charge is 0.335 e. The zero-order valence-electron chi connectivity index (χ0n) is 9.77. The maximum atomic E-state index is 11.0. The zero-order chi connectivity index (χ0) is 12.4. The third-order valence-corrected chi connectivity index (χ3v) is 2.53. The van der Waals surface area contributed by atoms with Crippen LogP contribution in [0.4, 0.5) is 0 Å². The van der Waals surface area contributed by atoms with E-state index in [9.17, 15) is 4.79 Å². The standard InChI is InChI=1S/C14H13NO2/c1-9-3-4-13(15-8-9)11-5-10(2)6-12(7-11)14(16)17/h3-8H,1-2H3,(H,16,17). The molecule has 0 aliphatic carbocycles. The molecule has 1 aromatic heterocycles. The Kier molecular flexibility index (Phi) is 2.91. The Labute approximate surface area is 99.8 Å². The van der Waals surface area contributed by atoms with Crippen LogP contribution in [0.1, 0.15) is 21.5 Å². The summed E-state index contributed by atoms with van der Waals surface area (Å²) < 4.78 is 0. The van der Waals surface area contributed by atoms with E-state index in [0.29, 0.717) is 5.56 Å². The normalized spacial score (nSPS) is 10.2. The average molecular weight is 227 g/mol. The van der Waals surface area contributed by atoms with E-state index >= 15 is 0 Å². The first-order valence-electron chi connectivity index (χ1n) is 5.34. The lowest BCUT2D eigenvalue weighted by Gasteiger charge is -2.05. The molecule has 0 amide bonds. The summed E-state index contributed by atoms with van der Waals surface area (Å²) in [7, 11) is 0. The number of aromatic carboxylic acids is 1. The number of pyridine rings is 1. The predicted molar refractivity (Wildman–Crippen MR) is 66.1 cm³/mol. The average Bonchev–Trinajstić information content (AvgIpc) is 2.29. The summed E-state index contributed by atoms with van der Waals surface area (Å²) in [5, 5.41) is 9.00. The quantitative estimate of drug-likeness (QED) is 0.857. The third kappa shape index (κ3) is 2.50. The monoisotopic (exact) mass is 227 g/mol. The molecule has 0 saturated carbocycles. The van der Waals surface area contributed by atoms with Gasteiger partial charge in [-0.15, -0.1) is 0 Å². The molecule has 1 heterocycles. The first-order valence-corrected chi connectivity index (χ1v) is 5.34. The van der Waals surface area contributed by atoms with Crippen molar-refractivity contribution in [1.82, 2.24) is 4.98 Å². The van der Waals surface area contributed by atoms with Crippen LogP contribution < -0.4 is 0 Å². The first kappa shape index (κ1) is 11.3. The molecule has 17 heavy (non-hydrogen) atoms. The van der Waals surface area contributed by atoms with Crippen LogP contribution in [-0.4, -0.2) is 16.1 Å². The van der Waals surface area contributed by atoms with Gasteiger partial charge in [0, 0.05) is 11.8 Å². The van der Waals surface area contributed by atoms with Gasteiger partial charge in [-0.2, -0.15) is 0 Å². The van der Waals surface area contributed by atoms with Crippen LogP contribution in [0, 0.1) is 13.8 Å². The molecule has 0 fully saturated rings. The number of benzene rings is 1. The fourth-order valence-corrected chi connectivity index (χ4v) is 1.69. The lowest BCUT2D eigenvalue weighted by atomic mass is 10.0. The van der Waals surface area contributed by atoms with Gasteiger partial charge in [-0.05, 0) is 49.2 Å². The van der Waals surface area contributed by atoms with Crippen LogP contribution in [0.15, 0.2) is 36.5 Å². The van der Waals surface area contributed by atoms with Crippen LogP contribution in [0.2, 0.25) is 0 Å². The summed E-state index contributed by atoms with van der Waals surface area (Å²) >= 11 is 0. The lowest BCUT2D eigenvalue weighted by Crippen LogP contribution is -1.97. The Morgan fingerprint density at radius 3 is 2.47 bits per heavy atom. The van der Waals surface area contributed by atoms with E-state index in [2.05, 4.69) is 4.98 Å². The number of carbonyl (C=O) groups is 1. The Hall–Kier alpha value is -2.16. The highest BCUT2D eigenvalue weighted by Crippen LogP contribution is 2.20. The number of carboxylic acids is 1. The fourth-order valence-electron chi connectivity index (χ4n) is 1.69. The minimum absolute atomic E-state index is 0.294. The SMILES string of the molecule is Cc1ccc(-c2cc(C)cc(C(=O)O)c2)nc1. The van der Waals surface area contributed by atoms with Crippen molar-refractivity contribution in [3.63, 3.8) is 0 Å². The van der Waals surface area contributed by atoms with E-state index in [-0.39, 0.29) is 0 Å². The van der Waals surface area contributed by atoms with E-state index in [4.69, 9.17) is 5.11 Å². The molecule has 1 N–H and O–H groups in total. The van der Waals surface area contributed by atoms with E-state index in [1.165, 1.54) is 0 Å². The van der Waals surface area contributed by atoms with E-state index in [1.807, 2.05) is 32.0 Å². The van der Waals surface area contributed by atoms with Gasteiger partial charge in [-0.3, -0.25) is 4.98 Å². The van der Waals surface area contributed by atoms with Crippen molar-refractivity contribution in [1.29, 1.82) is 0 Å². The van der Waals surface area contributed by atoms with Gasteiger partial charge in [0.25, 0.3) is 0 Å². The minimum atomic E-state index is -0.915. The molecule has 0 bridgehead atoms. The van der Waals surface area contributed by atoms with Gasteiger partial charge in [0.15, 0.2) is 0 Å². The topological polar surface area (TPSA) is 50.2 Å². The second kappa shape index (κ2) is 4.37. The number of hydrogen-bond acceptors (Lipinski definition) is 2. The first-order chi connectivity index (χ1) is 8.06. The summed E-state index contributed by atoms with van der Waals surface area (Å²) in [6, 6.07) is 9.10. The maximum Gasteiger partial charge on any atom is 0.335 e. The Balaban J connectivity index is 2.51. The summed E-state index contributed by atoms with van der Waals surface area (Å²) in [5.74, 6) is -0.915. The Morgan fingerprint density at radius 1 is 1.12 bits per heavy atom. The van der Waals surface area contributed by atoms with Crippen LogP contribution in [0.3, 0.4) is 0 Å². The van der Waals surface area contributed by atoms with Crippen LogP contribution in [0.5, 0.6) is 0 Å². The number of rotatable bonds is 2. The number of carboxylic acid groups (broad SMARTS) is 1. The molecule has 2 rings (SSSR count). The molecule has 0 saturated heterocycles. The van der Waals surface area contributed by atoms with Crippen LogP contribution in [0.25, 0.3) is 11.3 Å². The molecule has 0 radical (unpaired) electrons. The molecule has 0 unspecified atom stereocenters. The van der Waals surface area contributed by atoms with E-state index in [1.54, 1.807) is 18.3 Å². The molecule has 3 heteroatoms. The van der Waals surface area contributed by atoms with Crippen LogP contribution >= 0.6 is 0 Å². The second-order valence-electron chi connectivity index (χ2n) is 4.11. The summed E-state index contributed by atoms with van der Waals surface area (Å²) in [4.78, 5) is 15.3. The van der Waals surface area contributed by atoms with E-state index in [0.717, 1.165) is 22.4 Å². The molecular weight excluding hydrogens is 214 g/mol. The van der Waals surface area contributed by atoms with Gasteiger partial charge in [0.2, 0.25) is 0 Å². The molecule has 0 aliphatic rings. The number of aromatic nitrogens is 1. The van der Waals surface area contributed by atoms with E-state index < -0.39 is 5.97 Å². The molecule has 0 atom stereocenters. The van der Waals surface area contributed by atoms with Gasteiger partial charge in [-0.1, -0.05) is 6.07 Å². The van der Waals surface area contributed by atoms with Crippen molar-refractivity contribution in [3.05, 3.63) is 53.2 Å². The molecule has 2 aromatic rings. The van der Waals surface area contributed by atoms with Gasteiger partial charge in [-0.25, -0.2) is 4.79 Å². The minimum Gasteiger partial charge on any atom is -0.478 e. The molecule has 1 aromatic carbocycles. The number of hydrogen-bond donors (Lipinski definition) is 1. The van der Waals surface area contributed by atoms with Gasteiger partial charge >= 0.3 is 5.97 Å². The van der Waals surface area contributed by atoms with Gasteiger partial charge in [0.05, 0.1) is 11.3 Å². The van der Waals surface area contributed by atoms with Crippen molar-refractivity contribution in [2.75, 3.05) is 0 Å². The van der Waals surface area contributed by atoms with Crippen LogP contribution in [-0.2, 0) is 0 Å². The van der Waals surface area contributed by atoms with Crippen molar-refractivity contribution in [2.45, 2.75) is 13.8 Å². The molecule has 86 valence electrons. The molecule has 0 aliphatic heterocycles. The summed E-state index contributed by atoms with van der Waals surface area (Å²) in [6.45, 7) is 3.85. The number of nitrogens with zero attached hydrogens (tertiary/aromatic N) is 1. The van der Waals surface area contributed by atoms with Crippen molar-refractivity contribution in [2.24, 2.45) is 0 Å². The Bertz CT molecular complexity index is 559. The highest BCUT2D eigenvalue weighted by Gasteiger charge is 2.07. The summed E-state index contributed by atoms with van der Waals surface area (Å²) in [6.07, 6.45) is 1.78. The van der Waals surface area contributed by atoms with Crippen molar-refractivity contribution in [3.8, 4) is 11.3 Å². The van der Waals surface area contributed by atoms with Gasteiger partial charge in [0.1, 0.15) is 0 Å². The maximum absolute atomic E-state index is 11.0. The van der Waals surface area contributed by atoms with Crippen molar-refractivity contribution < 1.29 is 9.90 Å². The fraction of sp³-hybridized carbons (Fsp3) is 0.143. The third-order valence-electron chi connectivity index (χ3n) is 2.53. The largest absolute Gasteiger partial charge is 0.478 e. The molecule has 0 spiro atoms. The molecular formula is C14H13NO2. The lowest BCUT2D eigenvalue weighted by molar-refractivity contribution is 0.0697. The highest BCUT2D eigenvalue weighted by atomic mass is 16.4. The van der Waals surface area contributed by atoms with Crippen molar-refractivity contribution >= 4 is 5.97 Å². The predicted octanol–water partition coefficient (Wildman–Crippen LogP) is 3.06. The highest BCUT2D eigenvalue weighted by molar-refractivity contribution is 5.89.